The van der Waals surface area contributed by atoms with E-state index in [9.17, 15) is 14.0 Å². The van der Waals surface area contributed by atoms with E-state index < -0.39 is 18.3 Å². The van der Waals surface area contributed by atoms with E-state index in [0.29, 0.717) is 42.9 Å². The van der Waals surface area contributed by atoms with Gasteiger partial charge >= 0.3 is 5.97 Å². The molecule has 0 aliphatic carbocycles. The van der Waals surface area contributed by atoms with Crippen LogP contribution in [0.15, 0.2) is 65.3 Å². The average molecular weight is 440 g/mol. The van der Waals surface area contributed by atoms with Crippen molar-refractivity contribution in [2.45, 2.75) is 32.2 Å². The Balaban J connectivity index is 1.66. The smallest absolute Gasteiger partial charge is 0.303 e. The highest BCUT2D eigenvalue weighted by Crippen LogP contribution is 2.24. The summed E-state index contributed by atoms with van der Waals surface area (Å²) in [5.41, 5.74) is 1.46. The molecule has 32 heavy (non-hydrogen) atoms. The maximum Gasteiger partial charge on any atom is 0.303 e. The summed E-state index contributed by atoms with van der Waals surface area (Å²) in [6.45, 7) is -0.878. The van der Waals surface area contributed by atoms with Crippen LogP contribution < -0.4 is 4.74 Å². The zero-order valence-corrected chi connectivity index (χ0v) is 17.8. The number of furan rings is 1. The SMILES string of the molecule is [2H]C(c1cc(F)ccc1OCCCCCC(=O)O)N(C)C(=O)c1ccc(-c2ccco2)cc1. The number of hydrogen-bond donors (Lipinski definition) is 1. The van der Waals surface area contributed by atoms with Crippen LogP contribution in [0.1, 0.15) is 43.0 Å². The lowest BCUT2D eigenvalue weighted by molar-refractivity contribution is -0.137. The number of carbonyl (C=O) groups is 2. The second kappa shape index (κ2) is 11.1. The lowest BCUT2D eigenvalue weighted by atomic mass is 10.1. The topological polar surface area (TPSA) is 80.0 Å². The molecular formula is C25H26FNO5. The fourth-order valence-electron chi connectivity index (χ4n) is 3.18. The molecule has 1 aromatic heterocycles. The molecule has 1 atom stereocenters. The van der Waals surface area contributed by atoms with Gasteiger partial charge in [0.05, 0.1) is 14.2 Å². The molecule has 0 aliphatic heterocycles. The number of ether oxygens (including phenoxy) is 1. The van der Waals surface area contributed by atoms with Crippen molar-refractivity contribution in [3.63, 3.8) is 0 Å². The Morgan fingerprint density at radius 3 is 2.59 bits per heavy atom. The number of halogens is 1. The first-order valence-corrected chi connectivity index (χ1v) is 10.3. The molecule has 6 nitrogen and oxygen atoms in total. The summed E-state index contributed by atoms with van der Waals surface area (Å²) >= 11 is 0. The number of amides is 1. The maximum absolute atomic E-state index is 13.9. The van der Waals surface area contributed by atoms with Gasteiger partial charge < -0.3 is 19.2 Å². The first-order valence-electron chi connectivity index (χ1n) is 10.9. The lowest BCUT2D eigenvalue weighted by Crippen LogP contribution is -2.26. The van der Waals surface area contributed by atoms with Crippen molar-refractivity contribution in [2.75, 3.05) is 13.7 Å². The summed E-state index contributed by atoms with van der Waals surface area (Å²) in [6.07, 6.45) is 3.53. The molecule has 0 radical (unpaired) electrons. The monoisotopic (exact) mass is 440 g/mol. The third kappa shape index (κ3) is 6.44. The van der Waals surface area contributed by atoms with E-state index in [1.807, 2.05) is 6.07 Å². The Labute approximate surface area is 187 Å². The second-order valence-corrected chi connectivity index (χ2v) is 7.33. The molecule has 0 aliphatic rings. The van der Waals surface area contributed by atoms with E-state index in [0.717, 1.165) is 5.56 Å². The minimum Gasteiger partial charge on any atom is -0.493 e. The molecule has 3 rings (SSSR count). The Hall–Kier alpha value is -3.61. The maximum atomic E-state index is 13.9. The Kier molecular flexibility index (Phi) is 7.52. The highest BCUT2D eigenvalue weighted by molar-refractivity contribution is 5.94. The summed E-state index contributed by atoms with van der Waals surface area (Å²) in [5.74, 6) is -0.741. The van der Waals surface area contributed by atoms with Gasteiger partial charge in [-0.2, -0.15) is 0 Å². The largest absolute Gasteiger partial charge is 0.493 e. The minimum absolute atomic E-state index is 0.103. The van der Waals surface area contributed by atoms with Gasteiger partial charge in [0.2, 0.25) is 0 Å². The van der Waals surface area contributed by atoms with Gasteiger partial charge in [0, 0.05) is 36.7 Å². The Morgan fingerprint density at radius 2 is 1.91 bits per heavy atom. The Morgan fingerprint density at radius 1 is 1.12 bits per heavy atom. The van der Waals surface area contributed by atoms with Crippen LogP contribution in [0.25, 0.3) is 11.3 Å². The van der Waals surface area contributed by atoms with Crippen molar-refractivity contribution in [3.05, 3.63) is 77.8 Å². The zero-order valence-electron chi connectivity index (χ0n) is 18.8. The van der Waals surface area contributed by atoms with Crippen molar-refractivity contribution < 1.29 is 29.6 Å². The van der Waals surface area contributed by atoms with Crippen molar-refractivity contribution in [3.8, 4) is 17.1 Å². The summed E-state index contributed by atoms with van der Waals surface area (Å²) in [4.78, 5) is 24.7. The van der Waals surface area contributed by atoms with E-state index >= 15 is 0 Å². The number of unbranched alkanes of at least 4 members (excludes halogenated alkanes) is 2. The summed E-state index contributed by atoms with van der Waals surface area (Å²) in [6, 6.07) is 14.3. The normalized spacial score (nSPS) is 12.1. The van der Waals surface area contributed by atoms with Gasteiger partial charge in [-0.25, -0.2) is 4.39 Å². The number of rotatable bonds is 11. The van der Waals surface area contributed by atoms with Gasteiger partial charge in [-0.05, 0) is 61.7 Å². The molecule has 1 unspecified atom stereocenters. The van der Waals surface area contributed by atoms with Crippen LogP contribution in [0.4, 0.5) is 4.39 Å². The van der Waals surface area contributed by atoms with Crippen molar-refractivity contribution in [1.82, 2.24) is 4.90 Å². The predicted molar refractivity (Wildman–Crippen MR) is 118 cm³/mol. The molecule has 168 valence electrons. The van der Waals surface area contributed by atoms with Gasteiger partial charge in [-0.3, -0.25) is 9.59 Å². The van der Waals surface area contributed by atoms with E-state index in [1.165, 1.54) is 30.1 Å². The zero-order chi connectivity index (χ0) is 23.8. The first-order chi connectivity index (χ1) is 15.9. The van der Waals surface area contributed by atoms with Crippen LogP contribution in [-0.4, -0.2) is 35.5 Å². The fourth-order valence-corrected chi connectivity index (χ4v) is 3.18. The van der Waals surface area contributed by atoms with E-state index in [1.54, 1.807) is 36.6 Å². The van der Waals surface area contributed by atoms with Gasteiger partial charge in [-0.15, -0.1) is 0 Å². The molecular weight excluding hydrogens is 413 g/mol. The minimum atomic E-state index is -1.18. The van der Waals surface area contributed by atoms with Crippen LogP contribution in [0.3, 0.4) is 0 Å². The van der Waals surface area contributed by atoms with Crippen LogP contribution in [0, 0.1) is 5.82 Å². The van der Waals surface area contributed by atoms with Gasteiger partial charge in [0.25, 0.3) is 5.91 Å². The molecule has 1 amide bonds. The summed E-state index contributed by atoms with van der Waals surface area (Å²) < 4.78 is 33.6. The van der Waals surface area contributed by atoms with Crippen LogP contribution >= 0.6 is 0 Å². The molecule has 0 spiro atoms. The standard InChI is InChI=1S/C25H26FNO5/c1-27(25(30)19-10-8-18(9-11-19)22-6-5-15-32-22)17-20-16-21(26)12-13-23(20)31-14-4-2-3-7-24(28)29/h5-6,8-13,15-16H,2-4,7,14,17H2,1H3,(H,28,29)/i17D. The highest BCUT2D eigenvalue weighted by Gasteiger charge is 2.15. The number of nitrogens with zero attached hydrogens (tertiary/aromatic N) is 1. The van der Waals surface area contributed by atoms with Crippen LogP contribution in [0.5, 0.6) is 5.75 Å². The third-order valence-corrected chi connectivity index (χ3v) is 4.86. The number of carboxylic acids is 1. The molecule has 0 saturated carbocycles. The van der Waals surface area contributed by atoms with Crippen molar-refractivity contribution in [2.24, 2.45) is 0 Å². The van der Waals surface area contributed by atoms with Gasteiger partial charge in [0.1, 0.15) is 17.3 Å². The number of benzene rings is 2. The molecule has 0 saturated heterocycles. The second-order valence-electron chi connectivity index (χ2n) is 7.33. The van der Waals surface area contributed by atoms with Crippen molar-refractivity contribution in [1.29, 1.82) is 0 Å². The molecule has 1 N–H and O–H groups in total. The first kappa shape index (κ1) is 21.6. The molecule has 3 aromatic rings. The Bertz CT molecular complexity index is 1070. The third-order valence-electron chi connectivity index (χ3n) is 4.86. The van der Waals surface area contributed by atoms with E-state index in [4.69, 9.17) is 15.6 Å². The van der Waals surface area contributed by atoms with Crippen LogP contribution in [0.2, 0.25) is 0 Å². The van der Waals surface area contributed by atoms with Crippen molar-refractivity contribution >= 4 is 11.9 Å². The molecule has 0 bridgehead atoms. The number of aliphatic carboxylic acids is 1. The number of hydrogen-bond acceptors (Lipinski definition) is 4. The molecule has 0 fully saturated rings. The number of carboxylic acid groups (broad SMARTS) is 1. The predicted octanol–water partition coefficient (Wildman–Crippen LogP) is 5.38. The number of carbonyl (C=O) groups excluding carboxylic acids is 1. The average Bonchev–Trinajstić information content (AvgIpc) is 3.35. The fraction of sp³-hybridized carbons (Fsp3) is 0.280. The van der Waals surface area contributed by atoms with Crippen LogP contribution in [-0.2, 0) is 11.3 Å². The van der Waals surface area contributed by atoms with Gasteiger partial charge in [-0.1, -0.05) is 12.1 Å². The quantitative estimate of drug-likeness (QED) is 0.405. The highest BCUT2D eigenvalue weighted by atomic mass is 19.1. The van der Waals surface area contributed by atoms with E-state index in [-0.39, 0.29) is 17.9 Å². The van der Waals surface area contributed by atoms with Gasteiger partial charge in [0.15, 0.2) is 0 Å². The molecule has 2 aromatic carbocycles. The summed E-state index contributed by atoms with van der Waals surface area (Å²) in [7, 11) is 1.49. The molecule has 7 heteroatoms. The molecule has 1 heterocycles. The van der Waals surface area contributed by atoms with E-state index in [2.05, 4.69) is 0 Å². The summed E-state index contributed by atoms with van der Waals surface area (Å²) in [5, 5.41) is 8.68. The lowest BCUT2D eigenvalue weighted by Gasteiger charge is -2.20.